The van der Waals surface area contributed by atoms with Gasteiger partial charge in [0.2, 0.25) is 0 Å². The summed E-state index contributed by atoms with van der Waals surface area (Å²) in [5, 5.41) is 10.5. The second-order valence-electron chi connectivity index (χ2n) is 4.48. The molecular formula is C14H11F4NO2. The molecule has 0 bridgehead atoms. The molecule has 1 aromatic heterocycles. The maximum Gasteiger partial charge on any atom is 0.573 e. The zero-order chi connectivity index (χ0) is 15.7. The fourth-order valence-corrected chi connectivity index (χ4v) is 1.88. The van der Waals surface area contributed by atoms with Crippen LogP contribution in [0.2, 0.25) is 0 Å². The smallest absolute Gasteiger partial charge is 0.405 e. The second kappa shape index (κ2) is 5.33. The highest BCUT2D eigenvalue weighted by atomic mass is 19.4. The molecule has 0 spiro atoms. The summed E-state index contributed by atoms with van der Waals surface area (Å²) in [4.78, 5) is 3.70. The van der Waals surface area contributed by atoms with E-state index in [0.29, 0.717) is 0 Å². The summed E-state index contributed by atoms with van der Waals surface area (Å²) in [7, 11) is 0. The van der Waals surface area contributed by atoms with E-state index >= 15 is 0 Å². The SMILES string of the molecule is CC(O)(c1ccc(F)cn1)c1ccccc1OC(F)(F)F. The van der Waals surface area contributed by atoms with Crippen molar-refractivity contribution in [3.8, 4) is 5.75 Å². The summed E-state index contributed by atoms with van der Waals surface area (Å²) in [5.74, 6) is -1.16. The number of alkyl halides is 3. The Kier molecular flexibility index (Phi) is 3.87. The minimum Gasteiger partial charge on any atom is -0.405 e. The highest BCUT2D eigenvalue weighted by molar-refractivity contribution is 5.42. The number of hydrogen-bond donors (Lipinski definition) is 1. The number of aliphatic hydroxyl groups is 1. The molecule has 21 heavy (non-hydrogen) atoms. The third-order valence-electron chi connectivity index (χ3n) is 2.86. The molecule has 1 N–H and O–H groups in total. The van der Waals surface area contributed by atoms with Crippen molar-refractivity contribution in [2.24, 2.45) is 0 Å². The van der Waals surface area contributed by atoms with Crippen molar-refractivity contribution < 1.29 is 27.4 Å². The molecule has 0 amide bonds. The number of ether oxygens (including phenoxy) is 1. The minimum absolute atomic E-state index is 0.00197. The molecule has 3 nitrogen and oxygen atoms in total. The third-order valence-corrected chi connectivity index (χ3v) is 2.86. The van der Waals surface area contributed by atoms with Gasteiger partial charge in [-0.25, -0.2) is 4.39 Å². The standard InChI is InChI=1S/C14H11F4NO2/c1-13(20,12-7-6-9(15)8-19-12)10-4-2-3-5-11(10)21-14(16,17)18/h2-8,20H,1H3. The lowest BCUT2D eigenvalue weighted by Crippen LogP contribution is -2.27. The first-order valence-electron chi connectivity index (χ1n) is 5.90. The molecule has 1 heterocycles. The quantitative estimate of drug-likeness (QED) is 0.884. The first-order valence-corrected chi connectivity index (χ1v) is 5.90. The van der Waals surface area contributed by atoms with Gasteiger partial charge in [-0.3, -0.25) is 4.98 Å². The first-order chi connectivity index (χ1) is 9.70. The molecule has 112 valence electrons. The summed E-state index contributed by atoms with van der Waals surface area (Å²) < 4.78 is 54.0. The molecule has 1 unspecified atom stereocenters. The Labute approximate surface area is 117 Å². The summed E-state index contributed by atoms with van der Waals surface area (Å²) in [5.41, 5.74) is -1.99. The summed E-state index contributed by atoms with van der Waals surface area (Å²) in [6.07, 6.45) is -4.01. The monoisotopic (exact) mass is 301 g/mol. The molecule has 0 saturated carbocycles. The Hall–Kier alpha value is -2.15. The summed E-state index contributed by atoms with van der Waals surface area (Å²) >= 11 is 0. The zero-order valence-corrected chi connectivity index (χ0v) is 10.9. The van der Waals surface area contributed by atoms with Gasteiger partial charge in [0, 0.05) is 5.56 Å². The fraction of sp³-hybridized carbons (Fsp3) is 0.214. The van der Waals surface area contributed by atoms with Crippen LogP contribution in [0, 0.1) is 5.82 Å². The van der Waals surface area contributed by atoms with Gasteiger partial charge in [-0.1, -0.05) is 18.2 Å². The maximum absolute atomic E-state index is 12.9. The Morgan fingerprint density at radius 1 is 1.10 bits per heavy atom. The van der Waals surface area contributed by atoms with Crippen LogP contribution in [0.15, 0.2) is 42.6 Å². The lowest BCUT2D eigenvalue weighted by molar-refractivity contribution is -0.275. The van der Waals surface area contributed by atoms with Crippen LogP contribution in [0.1, 0.15) is 18.2 Å². The Bertz CT molecular complexity index is 624. The van der Waals surface area contributed by atoms with Crippen LogP contribution < -0.4 is 4.74 Å². The number of benzene rings is 1. The van der Waals surface area contributed by atoms with E-state index in [1.165, 1.54) is 31.2 Å². The van der Waals surface area contributed by atoms with Gasteiger partial charge in [0.25, 0.3) is 0 Å². The van der Waals surface area contributed by atoms with Crippen LogP contribution in [0.3, 0.4) is 0 Å². The minimum atomic E-state index is -4.89. The lowest BCUT2D eigenvalue weighted by Gasteiger charge is -2.25. The molecule has 0 aliphatic carbocycles. The normalized spacial score (nSPS) is 14.6. The van der Waals surface area contributed by atoms with Gasteiger partial charge in [-0.2, -0.15) is 0 Å². The van der Waals surface area contributed by atoms with Gasteiger partial charge in [0.1, 0.15) is 17.2 Å². The van der Waals surface area contributed by atoms with Crippen molar-refractivity contribution in [2.75, 3.05) is 0 Å². The van der Waals surface area contributed by atoms with Crippen molar-refractivity contribution in [1.29, 1.82) is 0 Å². The van der Waals surface area contributed by atoms with Crippen molar-refractivity contribution in [3.05, 3.63) is 59.7 Å². The number of rotatable bonds is 3. The molecule has 0 saturated heterocycles. The number of pyridine rings is 1. The average molecular weight is 301 g/mol. The van der Waals surface area contributed by atoms with Crippen LogP contribution in [0.5, 0.6) is 5.75 Å². The highest BCUT2D eigenvalue weighted by Gasteiger charge is 2.36. The zero-order valence-electron chi connectivity index (χ0n) is 10.9. The molecule has 0 aliphatic heterocycles. The van der Waals surface area contributed by atoms with E-state index in [9.17, 15) is 22.7 Å². The molecule has 0 fully saturated rings. The van der Waals surface area contributed by atoms with Gasteiger partial charge < -0.3 is 9.84 Å². The van der Waals surface area contributed by atoms with Crippen LogP contribution in [0.4, 0.5) is 17.6 Å². The molecular weight excluding hydrogens is 290 g/mol. The Balaban J connectivity index is 2.47. The van der Waals surface area contributed by atoms with E-state index in [1.807, 2.05) is 0 Å². The molecule has 0 aliphatic rings. The van der Waals surface area contributed by atoms with Crippen molar-refractivity contribution in [1.82, 2.24) is 4.98 Å². The van der Waals surface area contributed by atoms with Gasteiger partial charge in [-0.15, -0.1) is 13.2 Å². The molecule has 1 atom stereocenters. The molecule has 1 aromatic carbocycles. The van der Waals surface area contributed by atoms with E-state index in [2.05, 4.69) is 9.72 Å². The van der Waals surface area contributed by atoms with Crippen LogP contribution >= 0.6 is 0 Å². The molecule has 2 rings (SSSR count). The third kappa shape index (κ3) is 3.49. The van der Waals surface area contributed by atoms with Crippen LogP contribution in [0.25, 0.3) is 0 Å². The van der Waals surface area contributed by atoms with Crippen LogP contribution in [-0.4, -0.2) is 16.5 Å². The predicted molar refractivity (Wildman–Crippen MR) is 66.0 cm³/mol. The average Bonchev–Trinajstić information content (AvgIpc) is 2.37. The topological polar surface area (TPSA) is 42.4 Å². The van der Waals surface area contributed by atoms with E-state index in [0.717, 1.165) is 18.3 Å². The molecule has 0 radical (unpaired) electrons. The van der Waals surface area contributed by atoms with E-state index in [-0.39, 0.29) is 11.3 Å². The Morgan fingerprint density at radius 2 is 1.76 bits per heavy atom. The van der Waals surface area contributed by atoms with Crippen LogP contribution in [-0.2, 0) is 5.60 Å². The van der Waals surface area contributed by atoms with Crippen molar-refractivity contribution >= 4 is 0 Å². The number of hydrogen-bond acceptors (Lipinski definition) is 3. The molecule has 7 heteroatoms. The largest absolute Gasteiger partial charge is 0.573 e. The number of halogens is 4. The molecule has 2 aromatic rings. The van der Waals surface area contributed by atoms with E-state index in [4.69, 9.17) is 0 Å². The van der Waals surface area contributed by atoms with Gasteiger partial charge in [0.05, 0.1) is 11.9 Å². The highest BCUT2D eigenvalue weighted by Crippen LogP contribution is 2.36. The second-order valence-corrected chi connectivity index (χ2v) is 4.48. The van der Waals surface area contributed by atoms with E-state index < -0.39 is 23.5 Å². The first kappa shape index (κ1) is 15.2. The number of aromatic nitrogens is 1. The maximum atomic E-state index is 12.9. The van der Waals surface area contributed by atoms with Gasteiger partial charge >= 0.3 is 6.36 Å². The number of nitrogens with zero attached hydrogens (tertiary/aromatic N) is 1. The Morgan fingerprint density at radius 3 is 2.33 bits per heavy atom. The van der Waals surface area contributed by atoms with Gasteiger partial charge in [0.15, 0.2) is 0 Å². The van der Waals surface area contributed by atoms with Crippen molar-refractivity contribution in [3.63, 3.8) is 0 Å². The van der Waals surface area contributed by atoms with E-state index in [1.54, 1.807) is 0 Å². The number of para-hydroxylation sites is 1. The predicted octanol–water partition coefficient (Wildman–Crippen LogP) is 3.38. The summed E-state index contributed by atoms with van der Waals surface area (Å²) in [6, 6.07) is 7.42. The lowest BCUT2D eigenvalue weighted by atomic mass is 9.91. The fourth-order valence-electron chi connectivity index (χ4n) is 1.88. The van der Waals surface area contributed by atoms with Gasteiger partial charge in [-0.05, 0) is 25.1 Å². The van der Waals surface area contributed by atoms with Crippen molar-refractivity contribution in [2.45, 2.75) is 18.9 Å². The summed E-state index contributed by atoms with van der Waals surface area (Å²) in [6.45, 7) is 1.26.